The van der Waals surface area contributed by atoms with E-state index >= 15 is 0 Å². The molecule has 0 aliphatic heterocycles. The minimum absolute atomic E-state index is 0.00202. The average Bonchev–Trinajstić information content (AvgIpc) is 0.817. The van der Waals surface area contributed by atoms with Gasteiger partial charge in [0.1, 0.15) is 0 Å². The molecule has 3 nitrogen and oxygen atoms in total. The molecule has 0 radical (unpaired) electrons. The summed E-state index contributed by atoms with van der Waals surface area (Å²) in [5, 5.41) is 0. The van der Waals surface area contributed by atoms with E-state index in [-0.39, 0.29) is 33.9 Å². The minimum Gasteiger partial charge on any atom is -0.490 e. The number of rotatable bonds is 49. The Balaban J connectivity index is 0.000000228. The maximum atomic E-state index is 14.9. The molecular weight excluding hydrogens is 1360 g/mol. The maximum absolute atomic E-state index is 14.9. The van der Waals surface area contributed by atoms with Gasteiger partial charge in [-0.1, -0.05) is 367 Å². The molecule has 0 bridgehead atoms. The lowest BCUT2D eigenvalue weighted by atomic mass is 9.98. The van der Waals surface area contributed by atoms with Crippen LogP contribution in [0.4, 0.5) is 26.3 Å². The van der Waals surface area contributed by atoms with Crippen molar-refractivity contribution < 1.29 is 40.6 Å². The molecule has 9 rings (SSSR count). The molecule has 0 spiro atoms. The number of hydrogen-bond acceptors (Lipinski definition) is 3. The van der Waals surface area contributed by atoms with Gasteiger partial charge in [-0.3, -0.25) is 0 Å². The minimum atomic E-state index is -0.909. The second-order valence-corrected chi connectivity index (χ2v) is 29.7. The number of benzene rings is 9. The van der Waals surface area contributed by atoms with Gasteiger partial charge in [0.25, 0.3) is 0 Å². The van der Waals surface area contributed by atoms with Crippen LogP contribution in [0.5, 0.6) is 17.2 Å². The standard InChI is InChI=1S/C35H46F2O.C33H42F2O.C32H40F2O/c1-3-5-7-8-9-10-11-12-13-15-27-38-33-26-25-32(34(36)35(33)37)31-23-21-30(22-24-31)29-19-17-28(18-20-29)16-14-6-4-2;1-3-5-7-8-9-10-11-13-25-36-31-24-23-30(32(34)33(31)35)29-21-19-28(20-22-29)27-17-15-26(16-18-27)14-12-6-4-2;1-3-5-7-8-9-10-12-24-35-30-23-22-29(31(33)32(30)34)28-20-18-27(19-21-28)26-16-14-25(15-17-26)13-11-6-4-2/h17-26H,3-16,27H2,1-2H3;15-24H,3-14,25H2,1-2H3;14-23H,3-13,24H2,1-2H3. The van der Waals surface area contributed by atoms with Gasteiger partial charge in [0.15, 0.2) is 34.7 Å². The van der Waals surface area contributed by atoms with Gasteiger partial charge < -0.3 is 14.2 Å². The fraction of sp³-hybridized carbons (Fsp3) is 0.460. The molecule has 0 amide bonds. The molecule has 0 unspecified atom stereocenters. The molecule has 0 fully saturated rings. The smallest absolute Gasteiger partial charge is 0.201 e. The highest BCUT2D eigenvalue weighted by molar-refractivity contribution is 5.74. The van der Waals surface area contributed by atoms with Crippen LogP contribution in [0, 0.1) is 34.9 Å². The Morgan fingerprint density at radius 2 is 0.349 bits per heavy atom. The zero-order chi connectivity index (χ0) is 77.5. The van der Waals surface area contributed by atoms with Crippen molar-refractivity contribution in [3.05, 3.63) is 234 Å². The van der Waals surface area contributed by atoms with E-state index in [9.17, 15) is 26.3 Å². The zero-order valence-corrected chi connectivity index (χ0v) is 67.1. The van der Waals surface area contributed by atoms with Crippen LogP contribution in [0.25, 0.3) is 66.8 Å². The van der Waals surface area contributed by atoms with Gasteiger partial charge >= 0.3 is 0 Å². The van der Waals surface area contributed by atoms with Crippen molar-refractivity contribution in [2.75, 3.05) is 19.8 Å². The monoisotopic (exact) mass is 1490 g/mol. The number of aryl methyl sites for hydroxylation is 3. The van der Waals surface area contributed by atoms with Crippen LogP contribution < -0.4 is 14.2 Å². The summed E-state index contributed by atoms with van der Waals surface area (Å²) in [5.41, 5.74) is 13.3. The van der Waals surface area contributed by atoms with Crippen LogP contribution in [-0.4, -0.2) is 19.8 Å². The summed E-state index contributed by atoms with van der Waals surface area (Å²) < 4.78 is 105. The molecule has 9 aromatic carbocycles. The molecule has 0 atom stereocenters. The van der Waals surface area contributed by atoms with Crippen LogP contribution in [0.2, 0.25) is 0 Å². The molecule has 0 saturated carbocycles. The van der Waals surface area contributed by atoms with Gasteiger partial charge in [-0.05, 0) is 161 Å². The van der Waals surface area contributed by atoms with Crippen molar-refractivity contribution in [3.63, 3.8) is 0 Å². The summed E-state index contributed by atoms with van der Waals surface area (Å²) in [4.78, 5) is 0. The Morgan fingerprint density at radius 3 is 0.560 bits per heavy atom. The molecule has 0 heterocycles. The molecule has 0 aliphatic rings. The first-order valence-corrected chi connectivity index (χ1v) is 42.3. The molecule has 0 aliphatic carbocycles. The highest BCUT2D eigenvalue weighted by Crippen LogP contribution is 2.36. The van der Waals surface area contributed by atoms with Crippen LogP contribution >= 0.6 is 0 Å². The van der Waals surface area contributed by atoms with E-state index < -0.39 is 34.9 Å². The Morgan fingerprint density at radius 1 is 0.174 bits per heavy atom. The second-order valence-electron chi connectivity index (χ2n) is 29.7. The zero-order valence-electron chi connectivity index (χ0n) is 67.1. The third-order valence-electron chi connectivity index (χ3n) is 20.8. The van der Waals surface area contributed by atoms with Crippen LogP contribution in [-0.2, 0) is 19.3 Å². The molecule has 588 valence electrons. The van der Waals surface area contributed by atoms with Gasteiger partial charge in [0, 0.05) is 16.7 Å². The predicted octanol–water partition coefficient (Wildman–Crippen LogP) is 32.0. The number of ether oxygens (including phenoxy) is 3. The normalized spacial score (nSPS) is 11.1. The fourth-order valence-corrected chi connectivity index (χ4v) is 13.9. The van der Waals surface area contributed by atoms with Gasteiger partial charge in [0.05, 0.1) is 19.8 Å². The first-order valence-electron chi connectivity index (χ1n) is 42.3. The van der Waals surface area contributed by atoms with Gasteiger partial charge in [-0.25, -0.2) is 13.2 Å². The lowest BCUT2D eigenvalue weighted by Crippen LogP contribution is -2.01. The fourth-order valence-electron chi connectivity index (χ4n) is 13.9. The summed E-state index contributed by atoms with van der Waals surface area (Å²) in [6, 6.07) is 58.3. The highest BCUT2D eigenvalue weighted by Gasteiger charge is 2.20. The third kappa shape index (κ3) is 31.0. The van der Waals surface area contributed by atoms with E-state index in [1.165, 1.54) is 190 Å². The van der Waals surface area contributed by atoms with E-state index in [0.717, 1.165) is 97.6 Å². The topological polar surface area (TPSA) is 27.7 Å². The molecule has 0 saturated heterocycles. The number of hydrogen-bond donors (Lipinski definition) is 0. The van der Waals surface area contributed by atoms with Crippen LogP contribution in [0.3, 0.4) is 0 Å². The van der Waals surface area contributed by atoms with E-state index in [2.05, 4.69) is 114 Å². The molecular formula is C100H128F6O3. The van der Waals surface area contributed by atoms with E-state index in [4.69, 9.17) is 14.2 Å². The molecule has 0 aromatic heterocycles. The van der Waals surface area contributed by atoms with Gasteiger partial charge in [0.2, 0.25) is 17.5 Å². The van der Waals surface area contributed by atoms with Crippen molar-refractivity contribution in [3.8, 4) is 84.0 Å². The Bertz CT molecular complexity index is 3900. The lowest BCUT2D eigenvalue weighted by Gasteiger charge is -2.11. The molecule has 9 heteroatoms. The van der Waals surface area contributed by atoms with E-state index in [1.54, 1.807) is 36.4 Å². The summed E-state index contributed by atoms with van der Waals surface area (Å²) in [7, 11) is 0. The van der Waals surface area contributed by atoms with E-state index in [0.29, 0.717) is 36.5 Å². The summed E-state index contributed by atoms with van der Waals surface area (Å²) in [5.74, 6) is -5.30. The maximum Gasteiger partial charge on any atom is 0.201 e. The summed E-state index contributed by atoms with van der Waals surface area (Å²) in [6.45, 7) is 14.6. The first-order chi connectivity index (χ1) is 53.4. The number of halogens is 6. The third-order valence-corrected chi connectivity index (χ3v) is 20.8. The number of unbranched alkanes of at least 4 members (excludes halogenated alkanes) is 28. The first kappa shape index (κ1) is 88.2. The predicted molar refractivity (Wildman–Crippen MR) is 450 cm³/mol. The SMILES string of the molecule is CCCCCCCCCCCCOc1ccc(-c2ccc(-c3ccc(CCCCC)cc3)cc2)c(F)c1F.CCCCCCCCCCOc1ccc(-c2ccc(-c3ccc(CCCCC)cc3)cc2)c(F)c1F.CCCCCCCCCOc1ccc(-c2ccc(-c3ccc(CCCCC)cc3)cc2)c(F)c1F. The largest absolute Gasteiger partial charge is 0.490 e. The van der Waals surface area contributed by atoms with Gasteiger partial charge in [-0.15, -0.1) is 0 Å². The Kier molecular flexibility index (Phi) is 42.2. The Hall–Kier alpha value is -8.04. The quantitative estimate of drug-likeness (QED) is 0.0281. The van der Waals surface area contributed by atoms with Crippen molar-refractivity contribution >= 4 is 0 Å². The van der Waals surface area contributed by atoms with Crippen molar-refractivity contribution in [1.29, 1.82) is 0 Å². The summed E-state index contributed by atoms with van der Waals surface area (Å²) in [6.07, 6.45) is 44.3. The molecule has 109 heavy (non-hydrogen) atoms. The van der Waals surface area contributed by atoms with Crippen LogP contribution in [0.15, 0.2) is 182 Å². The molecule has 0 N–H and O–H groups in total. The Labute approximate surface area is 653 Å². The van der Waals surface area contributed by atoms with Crippen molar-refractivity contribution in [2.24, 2.45) is 0 Å². The van der Waals surface area contributed by atoms with Gasteiger partial charge in [-0.2, -0.15) is 13.2 Å². The molecule has 9 aromatic rings. The average molecular weight is 1490 g/mol. The van der Waals surface area contributed by atoms with E-state index in [1.807, 2.05) is 72.8 Å². The van der Waals surface area contributed by atoms with Crippen molar-refractivity contribution in [1.82, 2.24) is 0 Å². The lowest BCUT2D eigenvalue weighted by molar-refractivity contribution is 0.285. The van der Waals surface area contributed by atoms with Crippen LogP contribution in [0.1, 0.15) is 277 Å². The van der Waals surface area contributed by atoms with Crippen molar-refractivity contribution in [2.45, 2.75) is 279 Å². The summed E-state index contributed by atoms with van der Waals surface area (Å²) >= 11 is 0. The second kappa shape index (κ2) is 52.2. The highest BCUT2D eigenvalue weighted by atomic mass is 19.2.